The third-order valence-electron chi connectivity index (χ3n) is 5.86. The summed E-state index contributed by atoms with van der Waals surface area (Å²) < 4.78 is 0. The maximum atomic E-state index is 12.8. The number of hydrogen-bond donors (Lipinski definition) is 4. The van der Waals surface area contributed by atoms with Crippen LogP contribution in [-0.4, -0.2) is 54.6 Å². The first-order valence-electron chi connectivity index (χ1n) is 10.1. The molecule has 1 aromatic carbocycles. The standard InChI is InChI=1S/C20H27N7O2S.CH4/c21-13-5-8-27(11-13)19-25-15(12-30-19)17(28)24-14-3-1-2-4-16(14)26-9-6-20(23,7-10-26)18(22)29;/h1-4,12-13H,5-11,21,23H2,(H2,22,29)(H,24,28);1H4/t13-;/m1./s1. The largest absolute Gasteiger partial charge is 0.370 e. The van der Waals surface area contributed by atoms with E-state index in [2.05, 4.69) is 20.1 Å². The van der Waals surface area contributed by atoms with Gasteiger partial charge in [-0.1, -0.05) is 19.6 Å². The lowest BCUT2D eigenvalue weighted by Crippen LogP contribution is -2.58. The number of para-hydroxylation sites is 2. The van der Waals surface area contributed by atoms with Gasteiger partial charge in [-0.15, -0.1) is 11.3 Å². The van der Waals surface area contributed by atoms with Crippen molar-refractivity contribution in [1.82, 2.24) is 4.98 Å². The summed E-state index contributed by atoms with van der Waals surface area (Å²) in [5, 5.41) is 5.57. The Bertz CT molecular complexity index is 939. The molecular formula is C21H31N7O2S. The Morgan fingerprint density at radius 2 is 1.87 bits per heavy atom. The minimum absolute atomic E-state index is 0. The Hall–Kier alpha value is -2.69. The third kappa shape index (κ3) is 4.81. The molecule has 9 nitrogen and oxygen atoms in total. The van der Waals surface area contributed by atoms with E-state index in [4.69, 9.17) is 17.2 Å². The number of benzene rings is 1. The molecule has 7 N–H and O–H groups in total. The van der Waals surface area contributed by atoms with Gasteiger partial charge in [0.2, 0.25) is 5.91 Å². The molecule has 2 amide bonds. The molecule has 168 valence electrons. The summed E-state index contributed by atoms with van der Waals surface area (Å²) in [6.07, 6.45) is 1.88. The zero-order chi connectivity index (χ0) is 21.3. The van der Waals surface area contributed by atoms with Crippen LogP contribution in [0.5, 0.6) is 0 Å². The van der Waals surface area contributed by atoms with E-state index in [-0.39, 0.29) is 19.4 Å². The molecule has 0 saturated carbocycles. The van der Waals surface area contributed by atoms with Crippen molar-refractivity contribution in [2.24, 2.45) is 17.2 Å². The molecule has 2 saturated heterocycles. The maximum Gasteiger partial charge on any atom is 0.275 e. The summed E-state index contributed by atoms with van der Waals surface area (Å²) in [5.41, 5.74) is 18.5. The predicted molar refractivity (Wildman–Crippen MR) is 126 cm³/mol. The van der Waals surface area contributed by atoms with Crippen molar-refractivity contribution in [2.45, 2.75) is 38.3 Å². The number of nitrogens with zero attached hydrogens (tertiary/aromatic N) is 3. The number of piperidine rings is 1. The molecule has 2 aromatic rings. The summed E-state index contributed by atoms with van der Waals surface area (Å²) in [4.78, 5) is 33.2. The van der Waals surface area contributed by atoms with Crippen LogP contribution >= 0.6 is 11.3 Å². The molecule has 2 fully saturated rings. The van der Waals surface area contributed by atoms with Gasteiger partial charge in [-0.05, 0) is 31.4 Å². The SMILES string of the molecule is C.NC(=O)C1(N)CCN(c2ccccc2NC(=O)c2csc(N3CC[C@@H](N)C3)n2)CC1. The molecule has 2 aliphatic heterocycles. The average molecular weight is 446 g/mol. The van der Waals surface area contributed by atoms with E-state index in [1.165, 1.54) is 11.3 Å². The number of hydrogen-bond acceptors (Lipinski definition) is 8. The molecule has 3 heterocycles. The zero-order valence-corrected chi connectivity index (χ0v) is 17.5. The van der Waals surface area contributed by atoms with Crippen LogP contribution in [0, 0.1) is 0 Å². The average Bonchev–Trinajstić information content (AvgIpc) is 3.38. The lowest BCUT2D eigenvalue weighted by molar-refractivity contribution is -0.123. The monoisotopic (exact) mass is 445 g/mol. The fourth-order valence-electron chi connectivity index (χ4n) is 3.91. The lowest BCUT2D eigenvalue weighted by atomic mass is 9.87. The van der Waals surface area contributed by atoms with E-state index in [1.54, 1.807) is 5.38 Å². The molecule has 10 heteroatoms. The molecule has 0 unspecified atom stereocenters. The van der Waals surface area contributed by atoms with Gasteiger partial charge in [0.15, 0.2) is 5.13 Å². The number of primary amides is 1. The predicted octanol–water partition coefficient (Wildman–Crippen LogP) is 1.35. The van der Waals surface area contributed by atoms with Crippen LogP contribution in [-0.2, 0) is 4.79 Å². The second-order valence-electron chi connectivity index (χ2n) is 7.99. The summed E-state index contributed by atoms with van der Waals surface area (Å²) >= 11 is 1.45. The van der Waals surface area contributed by atoms with Crippen LogP contribution in [0.1, 0.15) is 37.2 Å². The van der Waals surface area contributed by atoms with E-state index in [9.17, 15) is 9.59 Å². The van der Waals surface area contributed by atoms with Crippen molar-refractivity contribution in [3.8, 4) is 0 Å². The second-order valence-corrected chi connectivity index (χ2v) is 8.83. The summed E-state index contributed by atoms with van der Waals surface area (Å²) in [6.45, 7) is 2.80. The highest BCUT2D eigenvalue weighted by Crippen LogP contribution is 2.31. The van der Waals surface area contributed by atoms with Gasteiger partial charge in [0, 0.05) is 37.6 Å². The first kappa shape index (κ1) is 23.0. The van der Waals surface area contributed by atoms with Gasteiger partial charge in [-0.3, -0.25) is 9.59 Å². The highest BCUT2D eigenvalue weighted by Gasteiger charge is 2.36. The highest BCUT2D eigenvalue weighted by molar-refractivity contribution is 7.14. The Morgan fingerprint density at radius 3 is 2.52 bits per heavy atom. The van der Waals surface area contributed by atoms with Gasteiger partial charge >= 0.3 is 0 Å². The number of carbonyl (C=O) groups excluding carboxylic acids is 2. The normalized spacial score (nSPS) is 20.3. The first-order valence-corrected chi connectivity index (χ1v) is 10.9. The lowest BCUT2D eigenvalue weighted by Gasteiger charge is -2.38. The van der Waals surface area contributed by atoms with Crippen molar-refractivity contribution in [2.75, 3.05) is 41.3 Å². The van der Waals surface area contributed by atoms with E-state index < -0.39 is 11.4 Å². The van der Waals surface area contributed by atoms with Gasteiger partial charge in [-0.2, -0.15) is 0 Å². The number of carbonyl (C=O) groups is 2. The topological polar surface area (TPSA) is 144 Å². The molecule has 0 bridgehead atoms. The Morgan fingerprint density at radius 1 is 1.16 bits per heavy atom. The quantitative estimate of drug-likeness (QED) is 0.544. The summed E-state index contributed by atoms with van der Waals surface area (Å²) in [6, 6.07) is 7.75. The van der Waals surface area contributed by atoms with Gasteiger partial charge < -0.3 is 32.3 Å². The number of amides is 2. The fraction of sp³-hybridized carbons (Fsp3) is 0.476. The molecule has 1 aromatic heterocycles. The number of anilines is 3. The van der Waals surface area contributed by atoms with Crippen molar-refractivity contribution in [3.63, 3.8) is 0 Å². The van der Waals surface area contributed by atoms with Crippen molar-refractivity contribution in [1.29, 1.82) is 0 Å². The molecule has 0 aliphatic carbocycles. The van der Waals surface area contributed by atoms with Crippen LogP contribution in [0.2, 0.25) is 0 Å². The number of thiazole rings is 1. The zero-order valence-electron chi connectivity index (χ0n) is 16.7. The van der Waals surface area contributed by atoms with Gasteiger partial charge in [0.1, 0.15) is 5.69 Å². The summed E-state index contributed by atoms with van der Waals surface area (Å²) in [7, 11) is 0. The van der Waals surface area contributed by atoms with E-state index in [0.717, 1.165) is 30.3 Å². The van der Waals surface area contributed by atoms with Crippen molar-refractivity contribution in [3.05, 3.63) is 35.3 Å². The van der Waals surface area contributed by atoms with Crippen LogP contribution in [0.15, 0.2) is 29.6 Å². The van der Waals surface area contributed by atoms with Crippen LogP contribution in [0.25, 0.3) is 0 Å². The Labute approximate surface area is 186 Å². The molecular weight excluding hydrogens is 414 g/mol. The van der Waals surface area contributed by atoms with Crippen LogP contribution < -0.4 is 32.3 Å². The Balaban J connectivity index is 0.00000272. The van der Waals surface area contributed by atoms with E-state index in [0.29, 0.717) is 37.3 Å². The Kier molecular flexibility index (Phi) is 6.83. The van der Waals surface area contributed by atoms with Gasteiger partial charge in [-0.25, -0.2) is 4.98 Å². The van der Waals surface area contributed by atoms with Crippen LogP contribution in [0.3, 0.4) is 0 Å². The number of nitrogens with two attached hydrogens (primary N) is 3. The maximum absolute atomic E-state index is 12.8. The fourth-order valence-corrected chi connectivity index (χ4v) is 4.75. The number of aromatic nitrogens is 1. The third-order valence-corrected chi connectivity index (χ3v) is 6.76. The minimum atomic E-state index is -0.968. The number of rotatable bonds is 5. The van der Waals surface area contributed by atoms with Crippen molar-refractivity contribution < 1.29 is 9.59 Å². The van der Waals surface area contributed by atoms with E-state index >= 15 is 0 Å². The van der Waals surface area contributed by atoms with Gasteiger partial charge in [0.25, 0.3) is 5.91 Å². The van der Waals surface area contributed by atoms with Gasteiger partial charge in [0.05, 0.1) is 16.9 Å². The molecule has 1 atom stereocenters. The smallest absolute Gasteiger partial charge is 0.275 e. The highest BCUT2D eigenvalue weighted by atomic mass is 32.1. The molecule has 0 spiro atoms. The second kappa shape index (κ2) is 9.21. The first-order chi connectivity index (χ1) is 14.4. The molecule has 0 radical (unpaired) electrons. The summed E-state index contributed by atoms with van der Waals surface area (Å²) in [5.74, 6) is -0.724. The van der Waals surface area contributed by atoms with Crippen molar-refractivity contribution >= 4 is 39.7 Å². The van der Waals surface area contributed by atoms with Crippen LogP contribution in [0.4, 0.5) is 16.5 Å². The molecule has 31 heavy (non-hydrogen) atoms. The minimum Gasteiger partial charge on any atom is -0.370 e. The molecule has 2 aliphatic rings. The van der Waals surface area contributed by atoms with E-state index in [1.807, 2.05) is 24.3 Å². The number of nitrogens with one attached hydrogen (secondary N) is 1. The molecule has 4 rings (SSSR count).